The normalized spacial score (nSPS) is 14.1. The molecule has 0 amide bonds. The molecule has 0 bridgehead atoms. The average molecular weight is 1510 g/mol. The third-order valence-corrected chi connectivity index (χ3v) is 22.0. The number of aliphatic hydroxyl groups excluding tert-OH is 1. The van der Waals surface area contributed by atoms with Crippen molar-refractivity contribution in [3.05, 3.63) is 0 Å². The van der Waals surface area contributed by atoms with E-state index in [0.29, 0.717) is 25.7 Å². The van der Waals surface area contributed by atoms with E-state index in [1.165, 1.54) is 263 Å². The molecular formula is C84H164O17P2. The van der Waals surface area contributed by atoms with Gasteiger partial charge in [-0.15, -0.1) is 0 Å². The lowest BCUT2D eigenvalue weighted by Crippen LogP contribution is -2.30. The summed E-state index contributed by atoms with van der Waals surface area (Å²) in [5.41, 5.74) is 0. The zero-order valence-corrected chi connectivity index (χ0v) is 69.4. The third-order valence-electron chi connectivity index (χ3n) is 20.1. The quantitative estimate of drug-likeness (QED) is 0.0222. The van der Waals surface area contributed by atoms with Gasteiger partial charge in [-0.1, -0.05) is 395 Å². The van der Waals surface area contributed by atoms with Crippen molar-refractivity contribution in [3.8, 4) is 0 Å². The van der Waals surface area contributed by atoms with E-state index < -0.39 is 97.5 Å². The summed E-state index contributed by atoms with van der Waals surface area (Å²) >= 11 is 0. The molecule has 3 N–H and O–H groups in total. The average Bonchev–Trinajstić information content (AvgIpc) is 0.907. The molecule has 6 atom stereocenters. The number of ether oxygens (including phenoxy) is 4. The first-order chi connectivity index (χ1) is 49.9. The zero-order valence-electron chi connectivity index (χ0n) is 67.6. The van der Waals surface area contributed by atoms with Crippen LogP contribution < -0.4 is 0 Å². The Kier molecular flexibility index (Phi) is 74.1. The van der Waals surface area contributed by atoms with E-state index in [0.717, 1.165) is 102 Å². The molecule has 0 radical (unpaired) electrons. The number of unbranched alkanes of at least 4 members (excludes halogenated alkanes) is 52. The Morgan fingerprint density at radius 2 is 0.495 bits per heavy atom. The van der Waals surface area contributed by atoms with Crippen LogP contribution in [0.25, 0.3) is 0 Å². The van der Waals surface area contributed by atoms with Crippen LogP contribution in [0.3, 0.4) is 0 Å². The number of aliphatic hydroxyl groups is 1. The first-order valence-electron chi connectivity index (χ1n) is 43.5. The third kappa shape index (κ3) is 76.6. The molecule has 0 rings (SSSR count). The van der Waals surface area contributed by atoms with Crippen molar-refractivity contribution in [3.63, 3.8) is 0 Å². The van der Waals surface area contributed by atoms with Crippen molar-refractivity contribution in [1.82, 2.24) is 0 Å². The van der Waals surface area contributed by atoms with Crippen molar-refractivity contribution in [2.24, 2.45) is 11.8 Å². The van der Waals surface area contributed by atoms with Crippen LogP contribution in [-0.4, -0.2) is 96.7 Å². The zero-order chi connectivity index (χ0) is 75.6. The number of hydrogen-bond donors (Lipinski definition) is 3. The monoisotopic (exact) mass is 1510 g/mol. The van der Waals surface area contributed by atoms with Gasteiger partial charge in [0.2, 0.25) is 0 Å². The van der Waals surface area contributed by atoms with Crippen molar-refractivity contribution in [2.75, 3.05) is 39.6 Å². The maximum Gasteiger partial charge on any atom is 0.472 e. The van der Waals surface area contributed by atoms with Gasteiger partial charge in [-0.3, -0.25) is 37.3 Å². The lowest BCUT2D eigenvalue weighted by atomic mass is 9.99. The fourth-order valence-electron chi connectivity index (χ4n) is 13.0. The van der Waals surface area contributed by atoms with Gasteiger partial charge in [-0.05, 0) is 37.5 Å². The van der Waals surface area contributed by atoms with Crippen LogP contribution in [0.15, 0.2) is 0 Å². The Labute approximate surface area is 632 Å². The maximum atomic E-state index is 13.1. The summed E-state index contributed by atoms with van der Waals surface area (Å²) in [4.78, 5) is 73.1. The van der Waals surface area contributed by atoms with E-state index in [4.69, 9.17) is 37.0 Å². The van der Waals surface area contributed by atoms with Crippen LogP contribution in [0.1, 0.15) is 446 Å². The lowest BCUT2D eigenvalue weighted by molar-refractivity contribution is -0.161. The predicted octanol–water partition coefficient (Wildman–Crippen LogP) is 25.5. The maximum absolute atomic E-state index is 13.1. The number of carbonyl (C=O) groups excluding carboxylic acids is 4. The molecule has 0 aromatic carbocycles. The second-order valence-corrected chi connectivity index (χ2v) is 33.8. The predicted molar refractivity (Wildman–Crippen MR) is 423 cm³/mol. The molecule has 0 fully saturated rings. The Morgan fingerprint density at radius 1 is 0.282 bits per heavy atom. The molecule has 0 aliphatic rings. The van der Waals surface area contributed by atoms with E-state index in [1.807, 2.05) is 0 Å². The number of phosphoric ester groups is 2. The number of carbonyl (C=O) groups is 4. The number of hydrogen-bond acceptors (Lipinski definition) is 15. The van der Waals surface area contributed by atoms with E-state index in [9.17, 15) is 43.2 Å². The van der Waals surface area contributed by atoms with Crippen LogP contribution in [-0.2, 0) is 65.4 Å². The molecule has 0 saturated carbocycles. The fourth-order valence-corrected chi connectivity index (χ4v) is 14.6. The van der Waals surface area contributed by atoms with Gasteiger partial charge in [0, 0.05) is 25.7 Å². The van der Waals surface area contributed by atoms with Gasteiger partial charge in [-0.2, -0.15) is 0 Å². The molecule has 0 spiro atoms. The SMILES string of the molecule is CCCCCCCCCCCCCCCCCCCCCCCCC(=O)O[C@H](COC(=O)CCCCCCCCCCCCCCCC(C)C)COP(=O)(O)OC[C@@H](O)COP(=O)(O)OC[C@@H](COC(=O)CCCCCCCCCCCCC)OC(=O)CCCCCCCCCCCCC(C)CC. The second-order valence-electron chi connectivity index (χ2n) is 30.9. The number of phosphoric acid groups is 2. The Morgan fingerprint density at radius 3 is 0.738 bits per heavy atom. The molecule has 19 heteroatoms. The molecule has 0 aromatic heterocycles. The van der Waals surface area contributed by atoms with Gasteiger partial charge < -0.3 is 33.8 Å². The second kappa shape index (κ2) is 75.5. The molecule has 0 aliphatic carbocycles. The summed E-state index contributed by atoms with van der Waals surface area (Å²) in [7, 11) is -9.92. The lowest BCUT2D eigenvalue weighted by Gasteiger charge is -2.21. The minimum Gasteiger partial charge on any atom is -0.462 e. The summed E-state index contributed by atoms with van der Waals surface area (Å²) in [5.74, 6) is -0.511. The van der Waals surface area contributed by atoms with E-state index in [-0.39, 0.29) is 25.7 Å². The fraction of sp³-hybridized carbons (Fsp3) is 0.952. The van der Waals surface area contributed by atoms with Crippen LogP contribution in [0.2, 0.25) is 0 Å². The van der Waals surface area contributed by atoms with E-state index >= 15 is 0 Å². The molecule has 0 aliphatic heterocycles. The topological polar surface area (TPSA) is 237 Å². The first kappa shape index (κ1) is 101. The van der Waals surface area contributed by atoms with Crippen LogP contribution in [0, 0.1) is 11.8 Å². The highest BCUT2D eigenvalue weighted by Crippen LogP contribution is 2.45. The summed E-state index contributed by atoms with van der Waals surface area (Å²) in [5, 5.41) is 10.7. The Hall–Kier alpha value is -1.94. The summed E-state index contributed by atoms with van der Waals surface area (Å²) < 4.78 is 68.8. The van der Waals surface area contributed by atoms with Crippen molar-refractivity contribution >= 4 is 39.5 Å². The smallest absolute Gasteiger partial charge is 0.462 e. The van der Waals surface area contributed by atoms with Crippen LogP contribution >= 0.6 is 15.6 Å². The minimum absolute atomic E-state index is 0.107. The van der Waals surface area contributed by atoms with E-state index in [1.54, 1.807) is 0 Å². The van der Waals surface area contributed by atoms with Gasteiger partial charge in [0.25, 0.3) is 0 Å². The van der Waals surface area contributed by atoms with Crippen molar-refractivity contribution in [1.29, 1.82) is 0 Å². The van der Waals surface area contributed by atoms with Crippen molar-refractivity contribution < 1.29 is 80.2 Å². The summed E-state index contributed by atoms with van der Waals surface area (Å²) in [6.07, 6.45) is 66.6. The molecule has 17 nitrogen and oxygen atoms in total. The van der Waals surface area contributed by atoms with Gasteiger partial charge in [0.05, 0.1) is 26.4 Å². The molecule has 0 saturated heterocycles. The summed E-state index contributed by atoms with van der Waals surface area (Å²) in [6, 6.07) is 0. The first-order valence-corrected chi connectivity index (χ1v) is 46.5. The highest BCUT2D eigenvalue weighted by atomic mass is 31.2. The van der Waals surface area contributed by atoms with Crippen LogP contribution in [0.5, 0.6) is 0 Å². The highest BCUT2D eigenvalue weighted by molar-refractivity contribution is 7.47. The molecule has 103 heavy (non-hydrogen) atoms. The number of rotatable bonds is 83. The van der Waals surface area contributed by atoms with Gasteiger partial charge in [0.15, 0.2) is 12.2 Å². The van der Waals surface area contributed by atoms with Crippen LogP contribution in [0.4, 0.5) is 0 Å². The van der Waals surface area contributed by atoms with Gasteiger partial charge in [-0.25, -0.2) is 9.13 Å². The minimum atomic E-state index is -4.96. The molecule has 3 unspecified atom stereocenters. The van der Waals surface area contributed by atoms with Gasteiger partial charge >= 0.3 is 39.5 Å². The molecular weight excluding hydrogens is 1340 g/mol. The molecule has 0 heterocycles. The van der Waals surface area contributed by atoms with Crippen molar-refractivity contribution in [2.45, 2.75) is 464 Å². The standard InChI is InChI=1S/C84H164O17P2/c1-7-10-12-14-16-18-20-21-22-23-24-25-26-27-28-29-32-37-44-50-56-62-68-83(88)100-79(73-95-82(87)67-61-55-49-43-36-33-30-31-35-40-46-52-58-64-76(4)5)74-98-102(90,91)96-70-78(85)71-97-103(92,93)99-75-80(72-94-81(86)66-60-54-48-42-34-19-17-15-13-11-8-2)101-84(89)69-63-57-51-45-39-38-41-47-53-59-65-77(6)9-3/h76-80,85H,7-75H2,1-6H3,(H,90,91)(H,92,93)/t77?,78-,79-,80-/m1/s1. The Balaban J connectivity index is 5.23. The van der Waals surface area contributed by atoms with Gasteiger partial charge in [0.1, 0.15) is 19.3 Å². The number of esters is 4. The van der Waals surface area contributed by atoms with E-state index in [2.05, 4.69) is 41.5 Å². The Bertz CT molecular complexity index is 1980. The largest absolute Gasteiger partial charge is 0.472 e. The summed E-state index contributed by atoms with van der Waals surface area (Å²) in [6.45, 7) is 9.69. The molecule has 0 aromatic rings. The highest BCUT2D eigenvalue weighted by Gasteiger charge is 2.30. The molecule has 612 valence electrons.